The highest BCUT2D eigenvalue weighted by atomic mass is 19.1. The average molecular weight is 666 g/mol. The van der Waals surface area contributed by atoms with Gasteiger partial charge in [-0.05, 0) is 86.6 Å². The van der Waals surface area contributed by atoms with Gasteiger partial charge in [0.1, 0.15) is 22.9 Å². The summed E-state index contributed by atoms with van der Waals surface area (Å²) in [6, 6.07) is 11.2. The summed E-state index contributed by atoms with van der Waals surface area (Å²) in [5.41, 5.74) is 0.645. The van der Waals surface area contributed by atoms with E-state index in [1.165, 1.54) is 37.1 Å². The lowest BCUT2D eigenvalue weighted by molar-refractivity contribution is -0.00554. The van der Waals surface area contributed by atoms with Gasteiger partial charge in [-0.1, -0.05) is 18.1 Å². The fourth-order valence-electron chi connectivity index (χ4n) is 9.19. The first-order valence-corrected chi connectivity index (χ1v) is 17.7. The lowest BCUT2D eigenvalue weighted by Crippen LogP contribution is -2.51. The molecule has 5 fully saturated rings. The van der Waals surface area contributed by atoms with Crippen molar-refractivity contribution < 1.29 is 23.4 Å². The molecule has 9 rings (SSSR count). The van der Waals surface area contributed by atoms with Crippen LogP contribution in [-0.4, -0.2) is 83.6 Å². The normalized spacial score (nSPS) is 27.1. The minimum Gasteiger partial charge on any atom is -0.508 e. The van der Waals surface area contributed by atoms with Gasteiger partial charge < -0.3 is 24.8 Å². The fraction of sp³-hybridized carbons (Fsp3) is 0.487. The summed E-state index contributed by atoms with van der Waals surface area (Å²) in [6.45, 7) is 2.98. The number of nitrogens with zero attached hydrogens (tertiary/aromatic N) is 4. The van der Waals surface area contributed by atoms with E-state index in [9.17, 15) is 9.50 Å². The third kappa shape index (κ3) is 5.38. The Hall–Kier alpha value is -4.04. The minimum atomic E-state index is -0.595. The zero-order chi connectivity index (χ0) is 33.4. The highest BCUT2D eigenvalue weighted by Crippen LogP contribution is 2.50. The molecule has 3 aromatic carbocycles. The van der Waals surface area contributed by atoms with Crippen molar-refractivity contribution >= 4 is 27.5 Å². The van der Waals surface area contributed by atoms with E-state index in [1.54, 1.807) is 6.07 Å². The number of hydrogen-bond donors (Lipinski definition) is 2. The molecular weight excluding hydrogens is 624 g/mol. The smallest absolute Gasteiger partial charge is 0.319 e. The summed E-state index contributed by atoms with van der Waals surface area (Å²) in [5, 5.41) is 15.8. The van der Waals surface area contributed by atoms with Gasteiger partial charge in [0.25, 0.3) is 0 Å². The summed E-state index contributed by atoms with van der Waals surface area (Å²) >= 11 is 0. The van der Waals surface area contributed by atoms with Crippen LogP contribution in [-0.2, 0) is 4.74 Å². The number of nitrogens with one attached hydrogen (secondary N) is 1. The standard InChI is InChI=1S/C39H41F2N5O3/c1-3-29-33(40)11-4-22-14-27(47)17-32(34(22)29)30-9-10-31-36(35(30)41)43-38(44-37(31)45-18-23-5-6-24(19-45)42-23)49-21-39(12-13-39)20-46-25-7-8-26(46)16-28(15-25)48-2/h1,4,9-11,14,17,23-26,28,42,47H,5-8,12-13,15-16,18-21H2,2H3. The monoisotopic (exact) mass is 665 g/mol. The first-order valence-electron chi connectivity index (χ1n) is 17.7. The number of terminal acetylenes is 1. The highest BCUT2D eigenvalue weighted by molar-refractivity contribution is 6.04. The number of fused-ring (bicyclic) bond motifs is 6. The zero-order valence-electron chi connectivity index (χ0n) is 27.7. The van der Waals surface area contributed by atoms with Gasteiger partial charge in [0.05, 0.1) is 18.3 Å². The number of ether oxygens (including phenoxy) is 2. The number of piperidine rings is 1. The number of hydrogen-bond acceptors (Lipinski definition) is 8. The third-order valence-electron chi connectivity index (χ3n) is 11.9. The lowest BCUT2D eigenvalue weighted by Gasteiger charge is -2.40. The van der Waals surface area contributed by atoms with Gasteiger partial charge in [0, 0.05) is 72.7 Å². The van der Waals surface area contributed by atoms with Crippen molar-refractivity contribution in [3.8, 4) is 35.2 Å². The molecule has 4 unspecified atom stereocenters. The molecule has 49 heavy (non-hydrogen) atoms. The van der Waals surface area contributed by atoms with Crippen LogP contribution in [0.5, 0.6) is 11.8 Å². The number of aromatic nitrogens is 2. The molecule has 5 heterocycles. The maximum Gasteiger partial charge on any atom is 0.319 e. The van der Waals surface area contributed by atoms with Gasteiger partial charge in [-0.25, -0.2) is 8.78 Å². The van der Waals surface area contributed by atoms with Crippen LogP contribution < -0.4 is 15.0 Å². The van der Waals surface area contributed by atoms with Crippen LogP contribution in [0.4, 0.5) is 14.6 Å². The quantitative estimate of drug-likeness (QED) is 0.217. The molecule has 8 nitrogen and oxygen atoms in total. The molecule has 5 aliphatic rings. The third-order valence-corrected chi connectivity index (χ3v) is 11.9. The van der Waals surface area contributed by atoms with Crippen molar-refractivity contribution in [2.24, 2.45) is 5.41 Å². The number of anilines is 1. The SMILES string of the molecule is C#Cc1c(F)ccc2cc(O)cc(-c3ccc4c(N5CC6CCC(C5)N6)nc(OCC5(CN6C7CCC6CC(OC)C7)CC5)nc4c3F)c12. The number of phenols is 1. The van der Waals surface area contributed by atoms with Crippen molar-refractivity contribution in [1.29, 1.82) is 0 Å². The van der Waals surface area contributed by atoms with Crippen LogP contribution in [0.3, 0.4) is 0 Å². The summed E-state index contributed by atoms with van der Waals surface area (Å²) in [5.74, 6) is 1.84. The van der Waals surface area contributed by atoms with Crippen molar-refractivity contribution in [3.63, 3.8) is 0 Å². The summed E-state index contributed by atoms with van der Waals surface area (Å²) in [4.78, 5) is 14.6. The second-order valence-corrected chi connectivity index (χ2v) is 15.0. The Bertz CT molecular complexity index is 1990. The van der Waals surface area contributed by atoms with Gasteiger partial charge in [-0.3, -0.25) is 4.90 Å². The van der Waals surface area contributed by atoms with E-state index in [1.807, 2.05) is 13.2 Å². The molecule has 2 N–H and O–H groups in total. The number of rotatable bonds is 8. The van der Waals surface area contributed by atoms with Gasteiger partial charge >= 0.3 is 6.01 Å². The van der Waals surface area contributed by atoms with Gasteiger partial charge in [0.15, 0.2) is 5.82 Å². The average Bonchev–Trinajstić information content (AvgIpc) is 3.74. The van der Waals surface area contributed by atoms with E-state index in [0.717, 1.165) is 58.2 Å². The Morgan fingerprint density at radius 3 is 2.45 bits per heavy atom. The number of benzene rings is 3. The number of halogens is 2. The van der Waals surface area contributed by atoms with Crippen LogP contribution in [0.25, 0.3) is 32.8 Å². The lowest BCUT2D eigenvalue weighted by atomic mass is 9.93. The Balaban J connectivity index is 1.09. The van der Waals surface area contributed by atoms with Crippen LogP contribution in [0.15, 0.2) is 36.4 Å². The van der Waals surface area contributed by atoms with Crippen molar-refractivity contribution in [3.05, 3.63) is 53.6 Å². The first kappa shape index (κ1) is 31.0. The predicted octanol–water partition coefficient (Wildman–Crippen LogP) is 6.16. The Labute approximate surface area is 284 Å². The van der Waals surface area contributed by atoms with Crippen LogP contribution in [0, 0.1) is 29.4 Å². The van der Waals surface area contributed by atoms with Crippen molar-refractivity contribution in [2.75, 3.05) is 38.3 Å². The van der Waals surface area contributed by atoms with E-state index in [4.69, 9.17) is 25.9 Å². The van der Waals surface area contributed by atoms with Crippen molar-refractivity contribution in [1.82, 2.24) is 20.2 Å². The summed E-state index contributed by atoms with van der Waals surface area (Å²) in [7, 11) is 1.82. The number of piperazine rings is 1. The number of aromatic hydroxyl groups is 1. The molecule has 4 atom stereocenters. The molecule has 0 radical (unpaired) electrons. The number of phenolic OH excluding ortho intramolecular Hbond substituents is 1. The van der Waals surface area contributed by atoms with Crippen LogP contribution >= 0.6 is 0 Å². The zero-order valence-corrected chi connectivity index (χ0v) is 27.7. The molecule has 0 spiro atoms. The molecule has 10 heteroatoms. The molecule has 4 aliphatic heterocycles. The molecule has 4 saturated heterocycles. The Morgan fingerprint density at radius 1 is 1.00 bits per heavy atom. The van der Waals surface area contributed by atoms with E-state index in [2.05, 4.69) is 21.0 Å². The predicted molar refractivity (Wildman–Crippen MR) is 185 cm³/mol. The minimum absolute atomic E-state index is 0.0188. The van der Waals surface area contributed by atoms with E-state index in [0.29, 0.717) is 64.4 Å². The van der Waals surface area contributed by atoms with Crippen LogP contribution in [0.1, 0.15) is 56.9 Å². The molecule has 254 valence electrons. The largest absolute Gasteiger partial charge is 0.508 e. The second-order valence-electron chi connectivity index (χ2n) is 15.0. The molecule has 4 bridgehead atoms. The maximum atomic E-state index is 17.0. The summed E-state index contributed by atoms with van der Waals surface area (Å²) in [6.07, 6.45) is 15.0. The molecular formula is C39H41F2N5O3. The molecule has 4 aromatic rings. The van der Waals surface area contributed by atoms with Gasteiger partial charge in [-0.2, -0.15) is 9.97 Å². The van der Waals surface area contributed by atoms with Crippen molar-refractivity contribution in [2.45, 2.75) is 81.6 Å². The Morgan fingerprint density at radius 2 is 1.76 bits per heavy atom. The summed E-state index contributed by atoms with van der Waals surface area (Å²) < 4.78 is 44.1. The van der Waals surface area contributed by atoms with Crippen LogP contribution in [0.2, 0.25) is 0 Å². The maximum absolute atomic E-state index is 17.0. The molecule has 1 aromatic heterocycles. The van der Waals surface area contributed by atoms with E-state index in [-0.39, 0.29) is 33.8 Å². The van der Waals surface area contributed by atoms with Gasteiger partial charge in [0.2, 0.25) is 0 Å². The molecule has 1 saturated carbocycles. The Kier molecular flexibility index (Phi) is 7.45. The molecule has 1 aliphatic carbocycles. The first-order chi connectivity index (χ1) is 23.8. The highest BCUT2D eigenvalue weighted by Gasteiger charge is 2.50. The van der Waals surface area contributed by atoms with Gasteiger partial charge in [-0.15, -0.1) is 6.42 Å². The topological polar surface area (TPSA) is 83.0 Å². The second kappa shape index (κ2) is 11.8. The number of methoxy groups -OCH3 is 1. The van der Waals surface area contributed by atoms with E-state index >= 15 is 4.39 Å². The molecule has 0 amide bonds. The van der Waals surface area contributed by atoms with E-state index < -0.39 is 11.6 Å². The fourth-order valence-corrected chi connectivity index (χ4v) is 9.19.